The number of rotatable bonds is 4. The molecule has 7 heteroatoms. The largest absolute Gasteiger partial charge is 0.486 e. The highest BCUT2D eigenvalue weighted by atomic mass is 19.3. The van der Waals surface area contributed by atoms with Crippen LogP contribution in [-0.4, -0.2) is 41.8 Å². The first-order valence-corrected chi connectivity index (χ1v) is 10.0. The molecule has 0 spiro atoms. The number of halogens is 2. The maximum Gasteiger partial charge on any atom is 0.310 e. The molecule has 154 valence electrons. The number of ether oxygens (including phenoxy) is 1. The van der Waals surface area contributed by atoms with Gasteiger partial charge in [0.2, 0.25) is 0 Å². The number of likely N-dealkylation sites (N-methyl/N-ethyl adjacent to an activating group) is 1. The maximum absolute atomic E-state index is 14.0. The number of alkyl halides is 2. The van der Waals surface area contributed by atoms with Crippen molar-refractivity contribution in [1.82, 2.24) is 15.1 Å². The molecular weight excluding hydrogens is 386 g/mol. The summed E-state index contributed by atoms with van der Waals surface area (Å²) < 4.78 is 33.2. The Morgan fingerprint density at radius 2 is 2.13 bits per heavy atom. The Morgan fingerprint density at radius 1 is 1.23 bits per heavy atom. The summed E-state index contributed by atoms with van der Waals surface area (Å²) in [6, 6.07) is 11.1. The molecule has 2 aromatic carbocycles. The second-order valence-corrected chi connectivity index (χ2v) is 7.87. The molecule has 0 amide bonds. The molecule has 0 aliphatic carbocycles. The lowest BCUT2D eigenvalue weighted by Crippen LogP contribution is -2.23. The lowest BCUT2D eigenvalue weighted by Gasteiger charge is -2.22. The van der Waals surface area contributed by atoms with Crippen LogP contribution in [0, 0.1) is 0 Å². The van der Waals surface area contributed by atoms with E-state index in [1.165, 1.54) is 17.2 Å². The second-order valence-electron chi connectivity index (χ2n) is 7.87. The minimum atomic E-state index is -2.94. The van der Waals surface area contributed by atoms with Crippen LogP contribution in [0.25, 0.3) is 16.5 Å². The number of aromatic nitrogens is 2. The minimum Gasteiger partial charge on any atom is -0.486 e. The monoisotopic (exact) mass is 408 g/mol. The summed E-state index contributed by atoms with van der Waals surface area (Å²) in [6.07, 6.45) is 4.94. The van der Waals surface area contributed by atoms with Crippen molar-refractivity contribution in [2.24, 2.45) is 0 Å². The molecule has 3 heterocycles. The van der Waals surface area contributed by atoms with Crippen LogP contribution in [0.5, 0.6) is 5.75 Å². The van der Waals surface area contributed by atoms with Gasteiger partial charge in [-0.15, -0.1) is 0 Å². The summed E-state index contributed by atoms with van der Waals surface area (Å²) in [5, 5.41) is 12.6. The van der Waals surface area contributed by atoms with Crippen LogP contribution in [-0.2, 0) is 12.5 Å². The quantitative estimate of drug-likeness (QED) is 0.692. The van der Waals surface area contributed by atoms with Gasteiger partial charge in [0.05, 0.1) is 23.0 Å². The molecule has 0 atom stereocenters. The smallest absolute Gasteiger partial charge is 0.310 e. The highest BCUT2D eigenvalue weighted by molar-refractivity contribution is 5.93. The van der Waals surface area contributed by atoms with E-state index in [1.807, 2.05) is 6.07 Å². The molecule has 0 fully saturated rings. The number of anilines is 1. The average molecular weight is 408 g/mol. The van der Waals surface area contributed by atoms with E-state index >= 15 is 0 Å². The van der Waals surface area contributed by atoms with E-state index in [1.54, 1.807) is 18.3 Å². The molecule has 0 saturated carbocycles. The summed E-state index contributed by atoms with van der Waals surface area (Å²) >= 11 is 0. The SMILES string of the molecule is CN1CC=C(c2ccc3nncc(NCc4cccc5c4OCC5(F)F)c3c2)CC1. The number of nitrogens with zero attached hydrogens (tertiary/aromatic N) is 3. The number of hydrogen-bond acceptors (Lipinski definition) is 5. The molecule has 0 unspecified atom stereocenters. The lowest BCUT2D eigenvalue weighted by atomic mass is 9.98. The van der Waals surface area contributed by atoms with Gasteiger partial charge in [0.25, 0.3) is 0 Å². The maximum atomic E-state index is 14.0. The van der Waals surface area contributed by atoms with Crippen LogP contribution >= 0.6 is 0 Å². The van der Waals surface area contributed by atoms with Gasteiger partial charge in [-0.25, -0.2) is 0 Å². The molecule has 0 bridgehead atoms. The summed E-state index contributed by atoms with van der Waals surface area (Å²) in [4.78, 5) is 2.28. The number of benzene rings is 2. The van der Waals surface area contributed by atoms with Crippen molar-refractivity contribution in [3.8, 4) is 5.75 Å². The fourth-order valence-electron chi connectivity index (χ4n) is 4.04. The van der Waals surface area contributed by atoms with E-state index in [0.29, 0.717) is 12.1 Å². The Morgan fingerprint density at radius 3 is 2.97 bits per heavy atom. The fraction of sp³-hybridized carbons (Fsp3) is 0.304. The zero-order chi connectivity index (χ0) is 20.7. The van der Waals surface area contributed by atoms with Crippen LogP contribution in [0.3, 0.4) is 0 Å². The normalized spacial score (nSPS) is 18.0. The van der Waals surface area contributed by atoms with Crippen molar-refractivity contribution in [2.75, 3.05) is 32.1 Å². The zero-order valence-corrected chi connectivity index (χ0v) is 16.7. The predicted molar refractivity (Wildman–Crippen MR) is 113 cm³/mol. The molecule has 0 saturated heterocycles. The Bertz CT molecular complexity index is 1150. The van der Waals surface area contributed by atoms with Gasteiger partial charge in [-0.3, -0.25) is 0 Å². The van der Waals surface area contributed by atoms with Gasteiger partial charge in [0, 0.05) is 30.6 Å². The van der Waals surface area contributed by atoms with Gasteiger partial charge in [0.15, 0.2) is 6.61 Å². The molecule has 3 aromatic rings. The third-order valence-corrected chi connectivity index (χ3v) is 5.78. The molecule has 1 aromatic heterocycles. The summed E-state index contributed by atoms with van der Waals surface area (Å²) in [6.45, 7) is 1.73. The Labute approximate surface area is 173 Å². The lowest BCUT2D eigenvalue weighted by molar-refractivity contribution is -0.0214. The van der Waals surface area contributed by atoms with E-state index in [2.05, 4.69) is 45.7 Å². The molecule has 30 heavy (non-hydrogen) atoms. The zero-order valence-electron chi connectivity index (χ0n) is 16.7. The van der Waals surface area contributed by atoms with Crippen LogP contribution in [0.4, 0.5) is 14.5 Å². The molecule has 2 aliphatic heterocycles. The number of nitrogens with one attached hydrogen (secondary N) is 1. The average Bonchev–Trinajstić information content (AvgIpc) is 3.08. The van der Waals surface area contributed by atoms with E-state index in [9.17, 15) is 8.78 Å². The number of fused-ring (bicyclic) bond motifs is 2. The molecule has 2 aliphatic rings. The molecule has 5 nitrogen and oxygen atoms in total. The molecule has 5 rings (SSSR count). The van der Waals surface area contributed by atoms with Crippen molar-refractivity contribution in [3.05, 3.63) is 65.4 Å². The van der Waals surface area contributed by atoms with E-state index < -0.39 is 12.5 Å². The minimum absolute atomic E-state index is 0.0454. The van der Waals surface area contributed by atoms with E-state index in [-0.39, 0.29) is 11.3 Å². The predicted octanol–water partition coefficient (Wildman–Crippen LogP) is 4.45. The Balaban J connectivity index is 1.44. The molecule has 0 radical (unpaired) electrons. The van der Waals surface area contributed by atoms with Gasteiger partial charge in [0.1, 0.15) is 5.75 Å². The number of para-hydroxylation sites is 1. The van der Waals surface area contributed by atoms with Crippen molar-refractivity contribution in [3.63, 3.8) is 0 Å². The van der Waals surface area contributed by atoms with E-state index in [4.69, 9.17) is 4.74 Å². The van der Waals surface area contributed by atoms with Crippen molar-refractivity contribution in [1.29, 1.82) is 0 Å². The third-order valence-electron chi connectivity index (χ3n) is 5.78. The van der Waals surface area contributed by atoms with Crippen molar-refractivity contribution in [2.45, 2.75) is 18.9 Å². The van der Waals surface area contributed by atoms with Gasteiger partial charge >= 0.3 is 5.92 Å². The summed E-state index contributed by atoms with van der Waals surface area (Å²) in [7, 11) is 2.12. The van der Waals surface area contributed by atoms with Crippen LogP contribution in [0.1, 0.15) is 23.1 Å². The first-order valence-electron chi connectivity index (χ1n) is 10.0. The molecular formula is C23H22F2N4O. The first-order chi connectivity index (χ1) is 14.5. The highest BCUT2D eigenvalue weighted by Gasteiger charge is 2.42. The summed E-state index contributed by atoms with van der Waals surface area (Å²) in [5.41, 5.74) is 4.76. The summed E-state index contributed by atoms with van der Waals surface area (Å²) in [5.74, 6) is -2.66. The van der Waals surface area contributed by atoms with Gasteiger partial charge in [-0.05, 0) is 42.8 Å². The molecule has 1 N–H and O–H groups in total. The third kappa shape index (κ3) is 3.39. The highest BCUT2D eigenvalue weighted by Crippen LogP contribution is 2.43. The van der Waals surface area contributed by atoms with Crippen molar-refractivity contribution < 1.29 is 13.5 Å². The topological polar surface area (TPSA) is 50.3 Å². The Kier molecular flexibility index (Phi) is 4.62. The Hall–Kier alpha value is -3.06. The first kappa shape index (κ1) is 18.9. The van der Waals surface area contributed by atoms with E-state index in [0.717, 1.165) is 36.1 Å². The number of hydrogen-bond donors (Lipinski definition) is 1. The van der Waals surface area contributed by atoms with Crippen LogP contribution in [0.2, 0.25) is 0 Å². The van der Waals surface area contributed by atoms with Crippen LogP contribution < -0.4 is 10.1 Å². The second kappa shape index (κ2) is 7.32. The van der Waals surface area contributed by atoms with Gasteiger partial charge in [-0.1, -0.05) is 24.3 Å². The van der Waals surface area contributed by atoms with Gasteiger partial charge < -0.3 is 15.0 Å². The fourth-order valence-corrected chi connectivity index (χ4v) is 4.04. The van der Waals surface area contributed by atoms with Crippen molar-refractivity contribution >= 4 is 22.2 Å². The standard InChI is InChI=1S/C23H22F2N4O/c1-29-9-7-15(8-10-29)16-5-6-20-18(11-16)21(13-27-28-20)26-12-17-3-2-4-19-22(17)30-14-23(19,24)25/h2-7,11,13H,8-10,12,14H2,1H3,(H,26,28). The van der Waals surface area contributed by atoms with Gasteiger partial charge in [-0.2, -0.15) is 19.0 Å². The van der Waals surface area contributed by atoms with Crippen LogP contribution in [0.15, 0.2) is 48.7 Å².